The van der Waals surface area contributed by atoms with Crippen molar-refractivity contribution in [3.63, 3.8) is 0 Å². The summed E-state index contributed by atoms with van der Waals surface area (Å²) in [4.78, 5) is 25.4. The van der Waals surface area contributed by atoms with Crippen molar-refractivity contribution in [2.45, 2.75) is 43.9 Å². The summed E-state index contributed by atoms with van der Waals surface area (Å²) in [6, 6.07) is 1.66. The van der Waals surface area contributed by atoms with Crippen molar-refractivity contribution < 1.29 is 27.9 Å². The third-order valence-electron chi connectivity index (χ3n) is 7.25. The molecule has 1 aromatic carbocycles. The van der Waals surface area contributed by atoms with Gasteiger partial charge in [0.2, 0.25) is 17.6 Å². The lowest BCUT2D eigenvalue weighted by Crippen LogP contribution is -2.49. The number of hydrogen-bond acceptors (Lipinski definition) is 8. The van der Waals surface area contributed by atoms with Crippen LogP contribution in [0.5, 0.6) is 11.6 Å². The average molecular weight is 471 g/mol. The number of phenolic OH excluding ortho intramolecular Hbond substituents is 1. The Kier molecular flexibility index (Phi) is 5.41. The highest BCUT2D eigenvalue weighted by molar-refractivity contribution is 5.94. The van der Waals surface area contributed by atoms with Gasteiger partial charge in [-0.25, -0.2) is 18.7 Å². The first-order chi connectivity index (χ1) is 16.3. The van der Waals surface area contributed by atoms with E-state index in [1.165, 1.54) is 19.5 Å². The number of benzene rings is 1. The maximum absolute atomic E-state index is 13.6. The first kappa shape index (κ1) is 22.2. The first-order valence-electron chi connectivity index (χ1n) is 11.0. The van der Waals surface area contributed by atoms with E-state index in [1.807, 2.05) is 0 Å². The van der Waals surface area contributed by atoms with E-state index in [1.54, 1.807) is 0 Å². The summed E-state index contributed by atoms with van der Waals surface area (Å²) in [6.45, 7) is 0.405. The van der Waals surface area contributed by atoms with Gasteiger partial charge in [-0.15, -0.1) is 0 Å². The molecule has 3 aliphatic rings. The Morgan fingerprint density at radius 2 is 1.79 bits per heavy atom. The van der Waals surface area contributed by atoms with Crippen LogP contribution >= 0.6 is 0 Å². The second-order valence-corrected chi connectivity index (χ2v) is 9.12. The smallest absolute Gasteiger partial charge is 0.251 e. The maximum Gasteiger partial charge on any atom is 0.251 e. The van der Waals surface area contributed by atoms with Gasteiger partial charge in [0.1, 0.15) is 5.69 Å². The number of hydrogen-bond donors (Lipinski definition) is 2. The van der Waals surface area contributed by atoms with Gasteiger partial charge < -0.3 is 19.7 Å². The third-order valence-corrected chi connectivity index (χ3v) is 7.25. The number of nitrogens with one attached hydrogen (secondary N) is 1. The summed E-state index contributed by atoms with van der Waals surface area (Å²) in [7, 11) is 1.51. The molecule has 0 atom stereocenters. The Labute approximate surface area is 193 Å². The number of rotatable bonds is 6. The van der Waals surface area contributed by atoms with Crippen LogP contribution in [-0.2, 0) is 5.41 Å². The van der Waals surface area contributed by atoms with Gasteiger partial charge in [0, 0.05) is 17.5 Å². The highest BCUT2D eigenvalue weighted by Crippen LogP contribution is 2.57. The fourth-order valence-corrected chi connectivity index (χ4v) is 5.00. The predicted octanol–water partition coefficient (Wildman–Crippen LogP) is 3.54. The number of carbonyl (C=O) groups is 1. The van der Waals surface area contributed by atoms with Crippen LogP contribution < -0.4 is 10.1 Å². The van der Waals surface area contributed by atoms with Crippen LogP contribution in [0.15, 0.2) is 29.0 Å². The largest absolute Gasteiger partial charge is 0.503 e. The number of halogens is 2. The van der Waals surface area contributed by atoms with Crippen LogP contribution in [0.2, 0.25) is 0 Å². The van der Waals surface area contributed by atoms with Gasteiger partial charge in [0.15, 0.2) is 17.4 Å². The van der Waals surface area contributed by atoms with Crippen LogP contribution in [0.4, 0.5) is 8.78 Å². The van der Waals surface area contributed by atoms with Crippen molar-refractivity contribution in [3.8, 4) is 23.1 Å². The van der Waals surface area contributed by atoms with Gasteiger partial charge in [-0.05, 0) is 56.1 Å². The number of ether oxygens (including phenoxy) is 1. The molecule has 0 unspecified atom stereocenters. The number of aromatic nitrogens is 4. The minimum atomic E-state index is -1.16. The highest BCUT2D eigenvalue weighted by atomic mass is 19.1. The zero-order valence-electron chi connectivity index (χ0n) is 18.5. The maximum atomic E-state index is 13.6. The summed E-state index contributed by atoms with van der Waals surface area (Å²) in [6.07, 6.45) is 8.09. The Morgan fingerprint density at radius 3 is 2.38 bits per heavy atom. The molecular formula is C23H23F2N5O4. The molecule has 2 bridgehead atoms. The fraction of sp³-hybridized carbons (Fsp3) is 0.435. The van der Waals surface area contributed by atoms with Crippen LogP contribution in [0.1, 0.15) is 54.8 Å². The van der Waals surface area contributed by atoms with Gasteiger partial charge in [-0.1, -0.05) is 5.16 Å². The van der Waals surface area contributed by atoms with Gasteiger partial charge in [0.05, 0.1) is 19.5 Å². The van der Waals surface area contributed by atoms with Gasteiger partial charge in [0.25, 0.3) is 5.91 Å². The highest BCUT2D eigenvalue weighted by Gasteiger charge is 2.52. The summed E-state index contributed by atoms with van der Waals surface area (Å²) >= 11 is 0. The SMILES string of the molecule is COc1cnc(-c2noc(C34CCC(CNC(=O)c5cc(F)c(O)c(F)c5)(CC3)CC4)n2)cn1. The second kappa shape index (κ2) is 8.30. The molecule has 2 heterocycles. The number of amides is 1. The number of carbonyl (C=O) groups excluding carboxylic acids is 1. The molecule has 0 saturated heterocycles. The molecule has 11 heteroatoms. The van der Waals surface area contributed by atoms with E-state index in [4.69, 9.17) is 9.26 Å². The molecule has 0 aliphatic heterocycles. The van der Waals surface area contributed by atoms with E-state index < -0.39 is 23.3 Å². The van der Waals surface area contributed by atoms with E-state index in [9.17, 15) is 18.7 Å². The third kappa shape index (κ3) is 3.84. The minimum absolute atomic E-state index is 0.0876. The zero-order chi connectivity index (χ0) is 23.9. The second-order valence-electron chi connectivity index (χ2n) is 9.12. The molecule has 3 fully saturated rings. The monoisotopic (exact) mass is 471 g/mol. The lowest BCUT2D eigenvalue weighted by molar-refractivity contribution is 0.0229. The fourth-order valence-electron chi connectivity index (χ4n) is 5.00. The van der Waals surface area contributed by atoms with Crippen LogP contribution in [0, 0.1) is 17.0 Å². The number of nitrogens with zero attached hydrogens (tertiary/aromatic N) is 4. The molecule has 34 heavy (non-hydrogen) atoms. The molecular weight excluding hydrogens is 448 g/mol. The lowest BCUT2D eigenvalue weighted by atomic mass is 9.53. The van der Waals surface area contributed by atoms with Crippen molar-refractivity contribution >= 4 is 5.91 Å². The van der Waals surface area contributed by atoms with Gasteiger partial charge in [-0.3, -0.25) is 4.79 Å². The normalized spacial score (nSPS) is 23.6. The molecule has 0 spiro atoms. The summed E-state index contributed by atoms with van der Waals surface area (Å²) < 4.78 is 37.8. The standard InChI is InChI=1S/C23H23F2N5O4/c1-33-17-11-26-16(10-27-17)19-29-21(34-30-19)23-5-2-22(3-6-23,4-7-23)12-28-20(32)13-8-14(24)18(31)15(25)9-13/h8-11,31H,2-7,12H2,1H3,(H,28,32). The number of aromatic hydroxyl groups is 1. The zero-order valence-corrected chi connectivity index (χ0v) is 18.5. The Balaban J connectivity index is 1.23. The van der Waals surface area contributed by atoms with E-state index in [2.05, 4.69) is 25.4 Å². The number of methoxy groups -OCH3 is 1. The van der Waals surface area contributed by atoms with Crippen molar-refractivity contribution in [3.05, 3.63) is 47.6 Å². The molecule has 6 rings (SSSR count). The molecule has 9 nitrogen and oxygen atoms in total. The van der Waals surface area contributed by atoms with Gasteiger partial charge in [-0.2, -0.15) is 4.98 Å². The van der Waals surface area contributed by atoms with E-state index in [0.717, 1.165) is 50.7 Å². The molecule has 3 aromatic rings. The van der Waals surface area contributed by atoms with Crippen molar-refractivity contribution in [1.82, 2.24) is 25.4 Å². The average Bonchev–Trinajstić information content (AvgIpc) is 3.38. The molecule has 2 aromatic heterocycles. The first-order valence-corrected chi connectivity index (χ1v) is 11.0. The van der Waals surface area contributed by atoms with E-state index in [0.29, 0.717) is 29.8 Å². The molecule has 178 valence electrons. The van der Waals surface area contributed by atoms with Gasteiger partial charge >= 0.3 is 0 Å². The van der Waals surface area contributed by atoms with Crippen molar-refractivity contribution in [1.29, 1.82) is 0 Å². The number of phenols is 1. The Morgan fingerprint density at radius 1 is 1.12 bits per heavy atom. The van der Waals surface area contributed by atoms with E-state index >= 15 is 0 Å². The molecule has 3 saturated carbocycles. The Hall–Kier alpha value is -3.63. The van der Waals surface area contributed by atoms with Crippen LogP contribution in [0.3, 0.4) is 0 Å². The summed E-state index contributed by atoms with van der Waals surface area (Å²) in [5.41, 5.74) is 0.0405. The quantitative estimate of drug-likeness (QED) is 0.560. The predicted molar refractivity (Wildman–Crippen MR) is 114 cm³/mol. The number of fused-ring (bicyclic) bond motifs is 3. The minimum Gasteiger partial charge on any atom is -0.503 e. The van der Waals surface area contributed by atoms with Crippen LogP contribution in [-0.4, -0.2) is 44.8 Å². The summed E-state index contributed by atoms with van der Waals surface area (Å²) in [5.74, 6) is -2.62. The summed E-state index contributed by atoms with van der Waals surface area (Å²) in [5, 5.41) is 16.1. The molecule has 0 radical (unpaired) electrons. The lowest BCUT2D eigenvalue weighted by Gasteiger charge is -2.51. The topological polar surface area (TPSA) is 123 Å². The van der Waals surface area contributed by atoms with E-state index in [-0.39, 0.29) is 16.4 Å². The van der Waals surface area contributed by atoms with Crippen LogP contribution in [0.25, 0.3) is 11.5 Å². The molecule has 3 aliphatic carbocycles. The Bertz CT molecular complexity index is 1180. The molecule has 2 N–H and O–H groups in total. The van der Waals surface area contributed by atoms with Crippen molar-refractivity contribution in [2.75, 3.05) is 13.7 Å². The van der Waals surface area contributed by atoms with Crippen molar-refractivity contribution in [2.24, 2.45) is 5.41 Å². The molecule has 1 amide bonds.